The van der Waals surface area contributed by atoms with E-state index in [0.29, 0.717) is 5.71 Å². The van der Waals surface area contributed by atoms with E-state index in [4.69, 9.17) is 4.42 Å². The molecule has 0 atom stereocenters. The van der Waals surface area contributed by atoms with Crippen molar-refractivity contribution in [3.05, 3.63) is 146 Å². The summed E-state index contributed by atoms with van der Waals surface area (Å²) in [6.45, 7) is 0. The number of nitrogens with zero attached hydrogens (tertiary/aromatic N) is 4. The zero-order valence-corrected chi connectivity index (χ0v) is 24.1. The Morgan fingerprint density at radius 3 is 2.15 bits per heavy atom. The number of aromatic nitrogens is 2. The van der Waals surface area contributed by atoms with Gasteiger partial charge in [0.2, 0.25) is 11.4 Å². The van der Waals surface area contributed by atoms with Crippen molar-refractivity contribution in [2.45, 2.75) is 0 Å². The molecule has 0 N–H and O–H groups in total. The second-order valence-corrected chi connectivity index (χ2v) is 9.11. The molecule has 5 nitrogen and oxygen atoms in total. The van der Waals surface area contributed by atoms with Crippen LogP contribution in [0.4, 0.5) is 22.7 Å². The van der Waals surface area contributed by atoms with E-state index >= 15 is 0 Å². The van der Waals surface area contributed by atoms with Gasteiger partial charge in [-0.2, -0.15) is 12.1 Å². The van der Waals surface area contributed by atoms with Gasteiger partial charge in [0.05, 0.1) is 5.58 Å². The molecule has 1 radical (unpaired) electrons. The summed E-state index contributed by atoms with van der Waals surface area (Å²) in [6, 6.07) is 50.0. The SMILES string of the molecule is C1=[N+](c2ccccc2)c2ccccc2[N+]=1c1[c-]ccc2c1oc1ncccc12.[Ir].[c-]1ccccc1-c1ccccn1. The summed E-state index contributed by atoms with van der Waals surface area (Å²) in [6.07, 6.45) is 3.53. The van der Waals surface area contributed by atoms with Gasteiger partial charge in [-0.3, -0.25) is 0 Å². The van der Waals surface area contributed by atoms with Gasteiger partial charge in [-0.25, -0.2) is 4.98 Å². The van der Waals surface area contributed by atoms with E-state index in [2.05, 4.69) is 57.0 Å². The molecule has 0 saturated carbocycles. The van der Waals surface area contributed by atoms with Crippen molar-refractivity contribution >= 4 is 50.8 Å². The molecule has 7 aromatic rings. The maximum Gasteiger partial charge on any atom is 0.501 e. The number of benzene rings is 4. The Morgan fingerprint density at radius 1 is 0.610 bits per heavy atom. The van der Waals surface area contributed by atoms with Gasteiger partial charge in [0.15, 0.2) is 5.69 Å². The van der Waals surface area contributed by atoms with E-state index in [1.807, 2.05) is 102 Å². The molecule has 0 saturated heterocycles. The number of fused-ring (bicyclic) bond motifs is 4. The molecule has 0 bridgehead atoms. The van der Waals surface area contributed by atoms with Crippen LogP contribution in [0.15, 0.2) is 138 Å². The average Bonchev–Trinajstić information content (AvgIpc) is 3.62. The third kappa shape index (κ3) is 5.04. The van der Waals surface area contributed by atoms with Crippen LogP contribution in [0.25, 0.3) is 33.3 Å². The summed E-state index contributed by atoms with van der Waals surface area (Å²) in [5, 5.41) is 2.02. The first-order valence-corrected chi connectivity index (χ1v) is 12.9. The van der Waals surface area contributed by atoms with Crippen LogP contribution < -0.4 is 9.15 Å². The van der Waals surface area contributed by atoms with E-state index in [9.17, 15) is 0 Å². The molecule has 1 aliphatic heterocycles. The number of hydrogen-bond donors (Lipinski definition) is 0. The van der Waals surface area contributed by atoms with Crippen molar-refractivity contribution in [3.63, 3.8) is 0 Å². The molecule has 1 aliphatic rings. The average molecular weight is 707 g/mol. The summed E-state index contributed by atoms with van der Waals surface area (Å²) >= 11 is 0. The van der Waals surface area contributed by atoms with Gasteiger partial charge in [-0.15, -0.1) is 42.0 Å². The van der Waals surface area contributed by atoms with Gasteiger partial charge in [0.1, 0.15) is 0 Å². The number of para-hydroxylation sites is 3. The Hall–Kier alpha value is -4.99. The summed E-state index contributed by atoms with van der Waals surface area (Å²) in [4.78, 5) is 8.58. The molecular weight excluding hydrogens is 685 g/mol. The minimum atomic E-state index is 0. The first kappa shape index (κ1) is 26.2. The molecule has 0 aliphatic carbocycles. The molecule has 0 amide bonds. The normalized spacial score (nSPS) is 11.6. The molecule has 3 aromatic heterocycles. The summed E-state index contributed by atoms with van der Waals surface area (Å²) in [5.41, 5.74) is 7.37. The van der Waals surface area contributed by atoms with Crippen LogP contribution in [0.5, 0.6) is 0 Å². The van der Waals surface area contributed by atoms with Gasteiger partial charge in [-0.05, 0) is 28.5 Å². The largest absolute Gasteiger partial charge is 0.501 e. The Kier molecular flexibility index (Phi) is 7.44. The van der Waals surface area contributed by atoms with Crippen molar-refractivity contribution in [1.29, 1.82) is 0 Å². The third-order valence-electron chi connectivity index (χ3n) is 6.64. The van der Waals surface area contributed by atoms with Crippen molar-refractivity contribution in [1.82, 2.24) is 19.1 Å². The molecule has 0 fully saturated rings. The fourth-order valence-corrected chi connectivity index (χ4v) is 4.80. The topological polar surface area (TPSA) is 44.9 Å². The van der Waals surface area contributed by atoms with Crippen LogP contribution in [0, 0.1) is 12.1 Å². The van der Waals surface area contributed by atoms with E-state index in [1.54, 1.807) is 12.4 Å². The third-order valence-corrected chi connectivity index (χ3v) is 6.64. The van der Waals surface area contributed by atoms with E-state index in [1.165, 1.54) is 0 Å². The van der Waals surface area contributed by atoms with Crippen molar-refractivity contribution in [2.24, 2.45) is 0 Å². The Labute approximate surface area is 250 Å². The molecule has 4 aromatic carbocycles. The number of rotatable bonds is 3. The fourth-order valence-electron chi connectivity index (χ4n) is 4.80. The molecule has 0 spiro atoms. The first-order chi connectivity index (χ1) is 19.9. The molecule has 8 rings (SSSR count). The predicted molar refractivity (Wildman–Crippen MR) is 160 cm³/mol. The number of furan rings is 1. The van der Waals surface area contributed by atoms with E-state index in [0.717, 1.165) is 50.4 Å². The maximum atomic E-state index is 6.11. The maximum absolute atomic E-state index is 6.11. The van der Waals surface area contributed by atoms with Crippen LogP contribution in [0.1, 0.15) is 0 Å². The zero-order valence-electron chi connectivity index (χ0n) is 21.7. The van der Waals surface area contributed by atoms with E-state index in [-0.39, 0.29) is 20.1 Å². The van der Waals surface area contributed by atoms with Crippen LogP contribution in [0.3, 0.4) is 0 Å². The molecular formula is C35H22IrN4O. The Balaban J connectivity index is 0.000000196. The van der Waals surface area contributed by atoms with Crippen molar-refractivity contribution < 1.29 is 24.5 Å². The monoisotopic (exact) mass is 707 g/mol. The van der Waals surface area contributed by atoms with Crippen LogP contribution in [-0.4, -0.2) is 16.0 Å². The van der Waals surface area contributed by atoms with Gasteiger partial charge in [0, 0.05) is 62.2 Å². The Bertz CT molecular complexity index is 1990. The van der Waals surface area contributed by atoms with Gasteiger partial charge in [-0.1, -0.05) is 52.4 Å². The van der Waals surface area contributed by atoms with E-state index < -0.39 is 0 Å². The summed E-state index contributed by atoms with van der Waals surface area (Å²) in [5.74, 6) is 0. The quantitative estimate of drug-likeness (QED) is 0.138. The van der Waals surface area contributed by atoms with Crippen LogP contribution in [-0.2, 0) is 20.1 Å². The molecule has 197 valence electrons. The smallest absolute Gasteiger partial charge is 0.495 e. The Morgan fingerprint density at radius 2 is 1.37 bits per heavy atom. The van der Waals surface area contributed by atoms with Crippen molar-refractivity contribution in [3.8, 4) is 11.3 Å². The number of pyridine rings is 2. The van der Waals surface area contributed by atoms with Gasteiger partial charge >= 0.3 is 6.01 Å². The first-order valence-electron chi connectivity index (χ1n) is 12.9. The fraction of sp³-hybridized carbons (Fsp3) is 0. The minimum absolute atomic E-state index is 0. The predicted octanol–water partition coefficient (Wildman–Crippen LogP) is 8.18. The zero-order chi connectivity index (χ0) is 26.7. The van der Waals surface area contributed by atoms with Crippen LogP contribution in [0.2, 0.25) is 0 Å². The van der Waals surface area contributed by atoms with Crippen LogP contribution >= 0.6 is 0 Å². The summed E-state index contributed by atoms with van der Waals surface area (Å²) < 4.78 is 10.2. The molecule has 0 unspecified atom stereocenters. The minimum Gasteiger partial charge on any atom is -0.495 e. The van der Waals surface area contributed by atoms with Gasteiger partial charge < -0.3 is 9.40 Å². The molecule has 6 heteroatoms. The van der Waals surface area contributed by atoms with Crippen molar-refractivity contribution in [2.75, 3.05) is 0 Å². The standard InChI is InChI=1S/C24H14N3O.C11H8N.Ir/c1-2-8-17(9-3-1)26-16-27(21-13-5-4-12-20(21)26)22-14-6-10-18-19-11-7-15-25-24(19)28-23(18)22;1-2-6-10(7-3-1)11-8-4-5-9-12-11;/h1-13,15H;1-6,8-9H;/q+1;-1;. The number of hydrogen-bond acceptors (Lipinski definition) is 3. The molecule has 41 heavy (non-hydrogen) atoms. The second-order valence-electron chi connectivity index (χ2n) is 9.11. The second kappa shape index (κ2) is 11.6. The van der Waals surface area contributed by atoms with Gasteiger partial charge in [0.25, 0.3) is 11.4 Å². The summed E-state index contributed by atoms with van der Waals surface area (Å²) in [7, 11) is 0. The molecule has 4 heterocycles.